The minimum atomic E-state index is -0.405. The third kappa shape index (κ3) is 3.72. The van der Waals surface area contributed by atoms with Crippen LogP contribution in [0.1, 0.15) is 70.3 Å². The second-order valence-electron chi connectivity index (χ2n) is 11.8. The molecule has 5 atom stereocenters. The van der Waals surface area contributed by atoms with Gasteiger partial charge in [0.2, 0.25) is 0 Å². The van der Waals surface area contributed by atoms with E-state index < -0.39 is 5.41 Å². The van der Waals surface area contributed by atoms with Crippen molar-refractivity contribution in [2.75, 3.05) is 25.6 Å². The average Bonchev–Trinajstić information content (AvgIpc) is 3.13. The zero-order valence-corrected chi connectivity index (χ0v) is 21.7. The predicted molar refractivity (Wildman–Crippen MR) is 140 cm³/mol. The fourth-order valence-corrected chi connectivity index (χ4v) is 7.96. The van der Waals surface area contributed by atoms with E-state index in [-0.39, 0.29) is 29.5 Å². The van der Waals surface area contributed by atoms with Crippen LogP contribution < -0.4 is 4.90 Å². The third-order valence-corrected chi connectivity index (χ3v) is 10.1. The number of Topliss-reactive ketones (excluding diaryl/α,β-unsaturated/α-hetero) is 1. The molecule has 0 N–H and O–H groups in total. The Hall–Kier alpha value is -2.62. The molecule has 186 valence electrons. The molecule has 3 unspecified atom stereocenters. The van der Waals surface area contributed by atoms with Gasteiger partial charge in [-0.15, -0.1) is 0 Å². The van der Waals surface area contributed by atoms with Gasteiger partial charge in [-0.3, -0.25) is 9.59 Å². The highest BCUT2D eigenvalue weighted by atomic mass is 16.5. The minimum Gasteiger partial charge on any atom is -0.494 e. The molecule has 4 nitrogen and oxygen atoms in total. The summed E-state index contributed by atoms with van der Waals surface area (Å²) in [4.78, 5) is 27.9. The Morgan fingerprint density at radius 1 is 1.14 bits per heavy atom. The van der Waals surface area contributed by atoms with Crippen molar-refractivity contribution < 1.29 is 14.3 Å². The molecule has 0 radical (unpaired) electrons. The van der Waals surface area contributed by atoms with Crippen LogP contribution in [-0.4, -0.2) is 32.3 Å². The van der Waals surface area contributed by atoms with E-state index in [1.807, 2.05) is 6.08 Å². The molecule has 4 aliphatic rings. The maximum atomic E-state index is 13.5. The number of anilines is 1. The van der Waals surface area contributed by atoms with Crippen molar-refractivity contribution in [1.82, 2.24) is 0 Å². The van der Waals surface area contributed by atoms with Gasteiger partial charge in [-0.1, -0.05) is 38.1 Å². The number of rotatable bonds is 6. The normalized spacial score (nSPS) is 33.9. The monoisotopic (exact) mass is 473 g/mol. The first kappa shape index (κ1) is 24.1. The highest BCUT2D eigenvalue weighted by molar-refractivity contribution is 5.93. The number of fused-ring (bicyclic) bond motifs is 4. The van der Waals surface area contributed by atoms with Crippen molar-refractivity contribution in [2.45, 2.75) is 64.7 Å². The number of carbonyl (C=O) groups excluding carboxylic acids is 2. The summed E-state index contributed by atoms with van der Waals surface area (Å²) in [5, 5.41) is 0. The molecule has 4 heteroatoms. The van der Waals surface area contributed by atoms with Gasteiger partial charge in [0.15, 0.2) is 11.6 Å². The van der Waals surface area contributed by atoms with E-state index in [1.54, 1.807) is 5.57 Å². The summed E-state index contributed by atoms with van der Waals surface area (Å²) >= 11 is 0. The first-order valence-corrected chi connectivity index (χ1v) is 13.2. The summed E-state index contributed by atoms with van der Waals surface area (Å²) in [6, 6.07) is 9.00. The number of allylic oxidation sites excluding steroid dienone is 4. The molecule has 4 aliphatic carbocycles. The number of hydrogen-bond acceptors (Lipinski definition) is 4. The quantitative estimate of drug-likeness (QED) is 0.449. The second kappa shape index (κ2) is 8.80. The largest absolute Gasteiger partial charge is 0.494 e. The maximum absolute atomic E-state index is 13.5. The molecule has 0 spiro atoms. The summed E-state index contributed by atoms with van der Waals surface area (Å²) in [6.07, 6.45) is 9.83. The van der Waals surface area contributed by atoms with Crippen molar-refractivity contribution in [3.8, 4) is 0 Å². The molecule has 2 fully saturated rings. The standard InChI is InChI=1S/C31H39NO3/c1-6-35-19-28(34)30(2)16-15-27-25-13-9-21-17-23(33)12-14-24(21)29(25)26(18-31(27,30)3)20-7-10-22(11-8-20)32(4)5/h6-8,10-11,17,25-27H,1,9,12-16,18-19H2,2-5H3/t25?,26?,27?,30-,31+/m1/s1. The van der Waals surface area contributed by atoms with Crippen LogP contribution in [-0.2, 0) is 14.3 Å². The predicted octanol–water partition coefficient (Wildman–Crippen LogP) is 6.39. The number of carbonyl (C=O) groups is 2. The average molecular weight is 474 g/mol. The molecule has 5 rings (SSSR count). The van der Waals surface area contributed by atoms with Crippen LogP contribution in [0, 0.1) is 22.7 Å². The van der Waals surface area contributed by atoms with Crippen LogP contribution in [0.15, 0.2) is 59.9 Å². The topological polar surface area (TPSA) is 46.6 Å². The van der Waals surface area contributed by atoms with Gasteiger partial charge in [0, 0.05) is 37.5 Å². The lowest BCUT2D eigenvalue weighted by molar-refractivity contribution is -0.139. The van der Waals surface area contributed by atoms with Crippen molar-refractivity contribution in [3.05, 3.63) is 65.5 Å². The molecule has 0 saturated heterocycles. The molecule has 1 aromatic carbocycles. The molecule has 0 bridgehead atoms. The van der Waals surface area contributed by atoms with Crippen LogP contribution >= 0.6 is 0 Å². The Balaban J connectivity index is 1.63. The van der Waals surface area contributed by atoms with Crippen LogP contribution in [0.4, 0.5) is 5.69 Å². The van der Waals surface area contributed by atoms with Crippen molar-refractivity contribution in [3.63, 3.8) is 0 Å². The van der Waals surface area contributed by atoms with E-state index in [2.05, 4.69) is 63.7 Å². The molecule has 2 saturated carbocycles. The maximum Gasteiger partial charge on any atom is 0.176 e. The molecule has 0 amide bonds. The van der Waals surface area contributed by atoms with E-state index in [0.717, 1.165) is 38.5 Å². The number of ketones is 2. The Labute approximate surface area is 210 Å². The number of ether oxygens (including phenoxy) is 1. The highest BCUT2D eigenvalue weighted by Gasteiger charge is 2.63. The minimum absolute atomic E-state index is 0.0973. The number of nitrogens with zero attached hydrogens (tertiary/aromatic N) is 1. The highest BCUT2D eigenvalue weighted by Crippen LogP contribution is 2.69. The van der Waals surface area contributed by atoms with Gasteiger partial charge in [0.25, 0.3) is 0 Å². The number of hydrogen-bond donors (Lipinski definition) is 0. The molecule has 0 aliphatic heterocycles. The van der Waals surface area contributed by atoms with Crippen LogP contribution in [0.25, 0.3) is 0 Å². The van der Waals surface area contributed by atoms with E-state index in [4.69, 9.17) is 4.74 Å². The molecular weight excluding hydrogens is 434 g/mol. The Morgan fingerprint density at radius 3 is 2.57 bits per heavy atom. The van der Waals surface area contributed by atoms with Gasteiger partial charge in [-0.25, -0.2) is 0 Å². The van der Waals surface area contributed by atoms with Gasteiger partial charge in [-0.05, 0) is 90.7 Å². The first-order valence-electron chi connectivity index (χ1n) is 13.2. The van der Waals surface area contributed by atoms with Gasteiger partial charge in [-0.2, -0.15) is 0 Å². The van der Waals surface area contributed by atoms with Crippen LogP contribution in [0.3, 0.4) is 0 Å². The zero-order chi connectivity index (χ0) is 25.0. The van der Waals surface area contributed by atoms with Gasteiger partial charge < -0.3 is 9.64 Å². The summed E-state index contributed by atoms with van der Waals surface area (Å²) in [6.45, 7) is 8.32. The summed E-state index contributed by atoms with van der Waals surface area (Å²) in [5.74, 6) is 1.72. The van der Waals surface area contributed by atoms with Crippen LogP contribution in [0.5, 0.6) is 0 Å². The van der Waals surface area contributed by atoms with E-state index in [0.29, 0.717) is 18.3 Å². The van der Waals surface area contributed by atoms with Gasteiger partial charge >= 0.3 is 0 Å². The molecule has 1 aromatic rings. The SMILES string of the molecule is C=COCC(=O)[C@@]1(C)CCC2C3CCC4=CC(=O)CCC4=C3C(c3ccc(N(C)C)cc3)C[C@@]21C. The summed E-state index contributed by atoms with van der Waals surface area (Å²) < 4.78 is 5.39. The molecule has 0 heterocycles. The summed E-state index contributed by atoms with van der Waals surface area (Å²) in [5.41, 5.74) is 6.34. The fourth-order valence-electron chi connectivity index (χ4n) is 7.96. The molecule has 0 aromatic heterocycles. The fraction of sp³-hybridized carbons (Fsp3) is 0.548. The number of benzene rings is 1. The third-order valence-electron chi connectivity index (χ3n) is 10.1. The van der Waals surface area contributed by atoms with Gasteiger partial charge in [0.1, 0.15) is 6.61 Å². The second-order valence-corrected chi connectivity index (χ2v) is 11.8. The van der Waals surface area contributed by atoms with Crippen molar-refractivity contribution >= 4 is 17.3 Å². The summed E-state index contributed by atoms with van der Waals surface area (Å²) in [7, 11) is 4.14. The van der Waals surface area contributed by atoms with E-state index in [1.165, 1.54) is 28.7 Å². The zero-order valence-electron chi connectivity index (χ0n) is 21.7. The Kier molecular flexibility index (Phi) is 6.05. The lowest BCUT2D eigenvalue weighted by Gasteiger charge is -2.55. The van der Waals surface area contributed by atoms with E-state index in [9.17, 15) is 9.59 Å². The van der Waals surface area contributed by atoms with Crippen molar-refractivity contribution in [1.29, 1.82) is 0 Å². The Morgan fingerprint density at radius 2 is 1.89 bits per heavy atom. The lowest BCUT2D eigenvalue weighted by Crippen LogP contribution is -2.50. The van der Waals surface area contributed by atoms with Crippen LogP contribution in [0.2, 0.25) is 0 Å². The molecule has 35 heavy (non-hydrogen) atoms. The van der Waals surface area contributed by atoms with E-state index >= 15 is 0 Å². The lowest BCUT2D eigenvalue weighted by atomic mass is 9.48. The van der Waals surface area contributed by atoms with Crippen molar-refractivity contribution in [2.24, 2.45) is 22.7 Å². The smallest absolute Gasteiger partial charge is 0.176 e. The molecular formula is C31H39NO3. The first-order chi connectivity index (χ1) is 16.7. The Bertz CT molecular complexity index is 1110. The van der Waals surface area contributed by atoms with Gasteiger partial charge in [0.05, 0.1) is 6.26 Å².